The third kappa shape index (κ3) is 17.6. The molecule has 47 heavy (non-hydrogen) atoms. The quantitative estimate of drug-likeness (QED) is 0.0481. The summed E-state index contributed by atoms with van der Waals surface area (Å²) in [7, 11) is 0. The average molecular weight is 767 g/mol. The highest BCUT2D eigenvalue weighted by molar-refractivity contribution is 9.09. The number of benzene rings is 2. The fourth-order valence-electron chi connectivity index (χ4n) is 5.69. The highest BCUT2D eigenvalue weighted by Crippen LogP contribution is 2.12. The second kappa shape index (κ2) is 25.7. The first-order chi connectivity index (χ1) is 22.6. The van der Waals surface area contributed by atoms with Crippen LogP contribution >= 0.6 is 31.9 Å². The molecule has 0 aliphatic carbocycles. The molecule has 0 aliphatic rings. The number of unbranched alkanes of at least 4 members (excludes halogenated alkanes) is 4. The van der Waals surface area contributed by atoms with Gasteiger partial charge in [0.1, 0.15) is 13.1 Å². The van der Waals surface area contributed by atoms with Gasteiger partial charge in [-0.25, -0.2) is 9.13 Å². The summed E-state index contributed by atoms with van der Waals surface area (Å²) in [4.78, 5) is 0. The Morgan fingerprint density at radius 3 is 1.04 bits per heavy atom. The standard InChI is InChI=1S/C28H38N2.C14H20Br2.CH4/c1-3-25-13-9-21-29(23-25)19-7-5-11-27-15-17-28(18-16-27)12-6-8-20-30-22-10-14-26(4-2)24-30;15-11-3-1-5-13-7-9-14(10-8-13)6-2-4-12-16;/h9-10,13-18,21-24H,3-8,11-12,19-20H2,1-2H3;7-10H,1-6,11-12H2;1H4/q+2;;. The van der Waals surface area contributed by atoms with Gasteiger partial charge < -0.3 is 0 Å². The molecule has 4 rings (SSSR count). The molecular formula is C43H62Br2N2+2. The van der Waals surface area contributed by atoms with Crippen LogP contribution in [0, 0.1) is 0 Å². The number of halogens is 2. The number of aryl methyl sites for hydroxylation is 8. The number of aromatic nitrogens is 2. The van der Waals surface area contributed by atoms with Crippen LogP contribution in [0.5, 0.6) is 0 Å². The second-order valence-corrected chi connectivity index (χ2v) is 14.0. The Kier molecular flexibility index (Phi) is 22.3. The Hall–Kier alpha value is -2.30. The van der Waals surface area contributed by atoms with Gasteiger partial charge in [0.05, 0.1) is 0 Å². The zero-order chi connectivity index (χ0) is 32.7. The molecule has 2 aromatic heterocycles. The highest BCUT2D eigenvalue weighted by Gasteiger charge is 2.04. The number of alkyl halides is 2. The monoisotopic (exact) mass is 764 g/mol. The van der Waals surface area contributed by atoms with Gasteiger partial charge in [-0.1, -0.05) is 102 Å². The van der Waals surface area contributed by atoms with E-state index >= 15 is 0 Å². The van der Waals surface area contributed by atoms with E-state index in [1.54, 1.807) is 0 Å². The molecule has 0 aliphatic heterocycles. The molecule has 0 bridgehead atoms. The molecule has 2 nitrogen and oxygen atoms in total. The number of hydrogen-bond acceptors (Lipinski definition) is 0. The van der Waals surface area contributed by atoms with E-state index in [2.05, 4.69) is 152 Å². The van der Waals surface area contributed by atoms with E-state index in [0.29, 0.717) is 0 Å². The van der Waals surface area contributed by atoms with E-state index in [1.165, 1.54) is 110 Å². The maximum absolute atomic E-state index is 3.47. The highest BCUT2D eigenvalue weighted by atomic mass is 79.9. The number of hydrogen-bond donors (Lipinski definition) is 0. The van der Waals surface area contributed by atoms with Crippen molar-refractivity contribution in [3.8, 4) is 0 Å². The summed E-state index contributed by atoms with van der Waals surface area (Å²) in [5, 5.41) is 2.25. The van der Waals surface area contributed by atoms with Crippen LogP contribution in [0.25, 0.3) is 0 Å². The minimum atomic E-state index is 0. The molecule has 4 aromatic rings. The van der Waals surface area contributed by atoms with Crippen LogP contribution < -0.4 is 9.13 Å². The van der Waals surface area contributed by atoms with Crippen LogP contribution in [0.15, 0.2) is 97.6 Å². The third-order valence-corrected chi connectivity index (χ3v) is 9.78. The first-order valence-corrected chi connectivity index (χ1v) is 20.1. The zero-order valence-electron chi connectivity index (χ0n) is 28.6. The Morgan fingerprint density at radius 1 is 0.426 bits per heavy atom. The maximum Gasteiger partial charge on any atom is 0.171 e. The topological polar surface area (TPSA) is 7.76 Å². The van der Waals surface area contributed by atoms with E-state index in [9.17, 15) is 0 Å². The zero-order valence-corrected chi connectivity index (χ0v) is 31.8. The van der Waals surface area contributed by atoms with Gasteiger partial charge in [0, 0.05) is 46.8 Å². The van der Waals surface area contributed by atoms with Crippen molar-refractivity contribution >= 4 is 31.9 Å². The number of pyridine rings is 2. The Morgan fingerprint density at radius 2 is 0.745 bits per heavy atom. The van der Waals surface area contributed by atoms with Crippen molar-refractivity contribution in [2.45, 2.75) is 124 Å². The smallest absolute Gasteiger partial charge is 0.171 e. The Balaban J connectivity index is 0.000000384. The summed E-state index contributed by atoms with van der Waals surface area (Å²) in [5.41, 5.74) is 8.73. The predicted octanol–water partition coefficient (Wildman–Crippen LogP) is 11.2. The van der Waals surface area contributed by atoms with Crippen molar-refractivity contribution in [3.05, 3.63) is 131 Å². The molecular weight excluding hydrogens is 704 g/mol. The van der Waals surface area contributed by atoms with Gasteiger partial charge in [-0.3, -0.25) is 0 Å². The molecule has 0 radical (unpaired) electrons. The van der Waals surface area contributed by atoms with Crippen LogP contribution in [-0.4, -0.2) is 10.7 Å². The van der Waals surface area contributed by atoms with Gasteiger partial charge in [-0.15, -0.1) is 0 Å². The summed E-state index contributed by atoms with van der Waals surface area (Å²) in [6.45, 7) is 6.66. The molecule has 4 heteroatoms. The lowest BCUT2D eigenvalue weighted by Gasteiger charge is -2.05. The molecule has 2 heterocycles. The lowest BCUT2D eigenvalue weighted by atomic mass is 10.0. The maximum atomic E-state index is 3.47. The van der Waals surface area contributed by atoms with Crippen molar-refractivity contribution in [1.82, 2.24) is 0 Å². The van der Waals surface area contributed by atoms with E-state index < -0.39 is 0 Å². The second-order valence-electron chi connectivity index (χ2n) is 12.4. The van der Waals surface area contributed by atoms with Crippen molar-refractivity contribution in [2.24, 2.45) is 0 Å². The predicted molar refractivity (Wildman–Crippen MR) is 211 cm³/mol. The molecule has 0 spiro atoms. The molecule has 256 valence electrons. The summed E-state index contributed by atoms with van der Waals surface area (Å²) < 4.78 is 4.66. The van der Waals surface area contributed by atoms with Crippen LogP contribution in [0.3, 0.4) is 0 Å². The molecule has 0 fully saturated rings. The van der Waals surface area contributed by atoms with Crippen molar-refractivity contribution in [2.75, 3.05) is 10.7 Å². The Labute approximate surface area is 305 Å². The van der Waals surface area contributed by atoms with E-state index in [-0.39, 0.29) is 7.43 Å². The summed E-state index contributed by atoms with van der Waals surface area (Å²) in [6, 6.07) is 27.2. The lowest BCUT2D eigenvalue weighted by Crippen LogP contribution is -2.33. The minimum Gasteiger partial charge on any atom is -0.205 e. The van der Waals surface area contributed by atoms with Crippen LogP contribution in [-0.2, 0) is 51.6 Å². The molecule has 0 saturated carbocycles. The number of rotatable bonds is 20. The van der Waals surface area contributed by atoms with Crippen LogP contribution in [0.1, 0.15) is 106 Å². The van der Waals surface area contributed by atoms with Gasteiger partial charge >= 0.3 is 0 Å². The van der Waals surface area contributed by atoms with Gasteiger partial charge in [-0.05, 0) is 111 Å². The Bertz CT molecular complexity index is 1230. The molecule has 2 aromatic carbocycles. The molecule has 0 N–H and O–H groups in total. The SMILES string of the molecule is BrCCCCc1ccc(CCCCBr)cc1.C.CCc1ccc[n+](CCCCc2ccc(CCCC[n+]3cccc(CC)c3)cc2)c1. The number of nitrogens with zero attached hydrogens (tertiary/aromatic N) is 2. The summed E-state index contributed by atoms with van der Waals surface area (Å²) in [6.07, 6.45) is 26.0. The van der Waals surface area contributed by atoms with Gasteiger partial charge in [0.15, 0.2) is 24.8 Å². The lowest BCUT2D eigenvalue weighted by molar-refractivity contribution is -0.697. The average Bonchev–Trinajstić information content (AvgIpc) is 3.10. The van der Waals surface area contributed by atoms with Gasteiger partial charge in [-0.2, -0.15) is 0 Å². The first kappa shape index (κ1) is 40.9. The van der Waals surface area contributed by atoms with E-state index in [4.69, 9.17) is 0 Å². The van der Waals surface area contributed by atoms with E-state index in [0.717, 1.165) is 36.6 Å². The third-order valence-electron chi connectivity index (χ3n) is 8.66. The largest absolute Gasteiger partial charge is 0.205 e. The fourth-order valence-corrected chi connectivity index (χ4v) is 6.48. The van der Waals surface area contributed by atoms with Crippen molar-refractivity contribution in [3.63, 3.8) is 0 Å². The van der Waals surface area contributed by atoms with Crippen molar-refractivity contribution in [1.29, 1.82) is 0 Å². The van der Waals surface area contributed by atoms with Crippen molar-refractivity contribution < 1.29 is 9.13 Å². The summed E-state index contributed by atoms with van der Waals surface area (Å²) >= 11 is 6.93. The molecule has 0 atom stereocenters. The van der Waals surface area contributed by atoms with Gasteiger partial charge in [0.25, 0.3) is 0 Å². The van der Waals surface area contributed by atoms with Crippen LogP contribution in [0.2, 0.25) is 0 Å². The normalized spacial score (nSPS) is 10.6. The molecule has 0 amide bonds. The molecule has 0 saturated heterocycles. The first-order valence-electron chi connectivity index (χ1n) is 17.9. The van der Waals surface area contributed by atoms with Crippen LogP contribution in [0.4, 0.5) is 0 Å². The fraction of sp³-hybridized carbons (Fsp3) is 0.488. The molecule has 0 unspecified atom stereocenters. The van der Waals surface area contributed by atoms with E-state index in [1.807, 2.05) is 0 Å². The minimum absolute atomic E-state index is 0. The summed E-state index contributed by atoms with van der Waals surface area (Å²) in [5.74, 6) is 0. The van der Waals surface area contributed by atoms with Gasteiger partial charge in [0.2, 0.25) is 0 Å².